The van der Waals surface area contributed by atoms with Gasteiger partial charge in [0, 0.05) is 25.9 Å². The molecule has 1 amide bonds. The van der Waals surface area contributed by atoms with Crippen LogP contribution in [0.25, 0.3) is 10.1 Å². The van der Waals surface area contributed by atoms with Crippen LogP contribution in [0.1, 0.15) is 24.2 Å². The lowest BCUT2D eigenvalue weighted by Crippen LogP contribution is -2.39. The van der Waals surface area contributed by atoms with E-state index in [1.54, 1.807) is 11.3 Å². The predicted molar refractivity (Wildman–Crippen MR) is 86.8 cm³/mol. The van der Waals surface area contributed by atoms with Crippen LogP contribution in [0, 0.1) is 5.92 Å². The number of carbonyl (C=O) groups is 1. The highest BCUT2D eigenvalue weighted by Gasteiger charge is 2.18. The molecule has 4 heteroatoms. The predicted octanol–water partition coefficient (Wildman–Crippen LogP) is 4.09. The summed E-state index contributed by atoms with van der Waals surface area (Å²) >= 11 is 3.94. The van der Waals surface area contributed by atoms with Crippen molar-refractivity contribution in [1.29, 1.82) is 0 Å². The van der Waals surface area contributed by atoms with Crippen LogP contribution >= 0.6 is 33.9 Å². The zero-order valence-electron chi connectivity index (χ0n) is 10.4. The van der Waals surface area contributed by atoms with Crippen LogP contribution in [-0.2, 0) is 0 Å². The SMILES string of the molecule is CC(C)C(CI)NC(=O)c1csc2ccccc12. The first-order chi connectivity index (χ1) is 8.63. The number of alkyl halides is 1. The minimum Gasteiger partial charge on any atom is -0.348 e. The van der Waals surface area contributed by atoms with Gasteiger partial charge in [0.25, 0.3) is 5.91 Å². The molecule has 2 rings (SSSR count). The smallest absolute Gasteiger partial charge is 0.253 e. The Kier molecular flexibility index (Phi) is 4.61. The molecular formula is C14H16INOS. The minimum absolute atomic E-state index is 0.0443. The highest BCUT2D eigenvalue weighted by atomic mass is 127. The van der Waals surface area contributed by atoms with Gasteiger partial charge in [-0.3, -0.25) is 4.79 Å². The van der Waals surface area contributed by atoms with Crippen molar-refractivity contribution in [3.05, 3.63) is 35.2 Å². The summed E-state index contributed by atoms with van der Waals surface area (Å²) in [5.41, 5.74) is 0.797. The van der Waals surface area contributed by atoms with Crippen molar-refractivity contribution in [1.82, 2.24) is 5.32 Å². The van der Waals surface area contributed by atoms with Gasteiger partial charge in [0.2, 0.25) is 0 Å². The summed E-state index contributed by atoms with van der Waals surface area (Å²) in [5.74, 6) is 0.499. The van der Waals surface area contributed by atoms with Crippen molar-refractivity contribution >= 4 is 49.9 Å². The molecule has 0 radical (unpaired) electrons. The highest BCUT2D eigenvalue weighted by Crippen LogP contribution is 2.25. The second kappa shape index (κ2) is 6.02. The van der Waals surface area contributed by atoms with Gasteiger partial charge in [0.1, 0.15) is 0 Å². The molecule has 96 valence electrons. The molecule has 1 unspecified atom stereocenters. The molecule has 1 atom stereocenters. The molecular weight excluding hydrogens is 357 g/mol. The Hall–Kier alpha value is -0.620. The third kappa shape index (κ3) is 2.85. The summed E-state index contributed by atoms with van der Waals surface area (Å²) in [6.45, 7) is 4.27. The maximum atomic E-state index is 12.3. The summed E-state index contributed by atoms with van der Waals surface area (Å²) in [6.07, 6.45) is 0. The van der Waals surface area contributed by atoms with Gasteiger partial charge < -0.3 is 5.32 Å². The number of rotatable bonds is 4. The molecule has 1 aromatic heterocycles. The molecule has 18 heavy (non-hydrogen) atoms. The highest BCUT2D eigenvalue weighted by molar-refractivity contribution is 14.1. The zero-order valence-corrected chi connectivity index (χ0v) is 13.4. The number of hydrogen-bond acceptors (Lipinski definition) is 2. The molecule has 0 aliphatic heterocycles. The molecule has 1 heterocycles. The second-order valence-corrected chi connectivity index (χ2v) is 6.42. The lowest BCUT2D eigenvalue weighted by atomic mass is 10.1. The molecule has 0 bridgehead atoms. The largest absolute Gasteiger partial charge is 0.348 e. The molecule has 1 aromatic carbocycles. The lowest BCUT2D eigenvalue weighted by molar-refractivity contribution is 0.0934. The van der Waals surface area contributed by atoms with Gasteiger partial charge in [0.15, 0.2) is 0 Å². The number of fused-ring (bicyclic) bond motifs is 1. The van der Waals surface area contributed by atoms with E-state index in [1.165, 1.54) is 4.70 Å². The van der Waals surface area contributed by atoms with Crippen molar-refractivity contribution < 1.29 is 4.79 Å². The summed E-state index contributed by atoms with van der Waals surface area (Å²) in [4.78, 5) is 12.3. The van der Waals surface area contributed by atoms with Crippen LogP contribution < -0.4 is 5.32 Å². The maximum Gasteiger partial charge on any atom is 0.253 e. The molecule has 0 aliphatic carbocycles. The minimum atomic E-state index is 0.0443. The topological polar surface area (TPSA) is 29.1 Å². The standard InChI is InChI=1S/C14H16INOS/c1-9(2)12(7-15)16-14(17)11-8-18-13-6-4-3-5-10(11)13/h3-6,8-9,12H,7H2,1-2H3,(H,16,17). The van der Waals surface area contributed by atoms with Gasteiger partial charge in [0.05, 0.1) is 5.56 Å². The van der Waals surface area contributed by atoms with Crippen molar-refractivity contribution in [3.63, 3.8) is 0 Å². The number of halogens is 1. The Morgan fingerprint density at radius 2 is 2.11 bits per heavy atom. The summed E-state index contributed by atoms with van der Waals surface area (Å²) in [7, 11) is 0. The Morgan fingerprint density at radius 3 is 2.78 bits per heavy atom. The van der Waals surface area contributed by atoms with Crippen LogP contribution in [0.3, 0.4) is 0 Å². The van der Waals surface area contributed by atoms with Gasteiger partial charge in [-0.1, -0.05) is 54.6 Å². The first-order valence-corrected chi connectivity index (χ1v) is 8.37. The molecule has 1 N–H and O–H groups in total. The second-order valence-electron chi connectivity index (χ2n) is 4.62. The number of benzene rings is 1. The molecule has 0 spiro atoms. The Balaban J connectivity index is 2.23. The maximum absolute atomic E-state index is 12.3. The monoisotopic (exact) mass is 373 g/mol. The van der Waals surface area contributed by atoms with E-state index in [1.807, 2.05) is 23.6 Å². The van der Waals surface area contributed by atoms with E-state index in [2.05, 4.69) is 47.8 Å². The number of carbonyl (C=O) groups excluding carboxylic acids is 1. The molecule has 0 aliphatic rings. The first kappa shape index (κ1) is 13.8. The number of nitrogens with one attached hydrogen (secondary N) is 1. The summed E-state index contributed by atoms with van der Waals surface area (Å²) < 4.78 is 2.10. The van der Waals surface area contributed by atoms with E-state index in [9.17, 15) is 4.79 Å². The van der Waals surface area contributed by atoms with Crippen LogP contribution in [0.4, 0.5) is 0 Å². The fraction of sp³-hybridized carbons (Fsp3) is 0.357. The summed E-state index contributed by atoms with van der Waals surface area (Å²) in [5, 5.41) is 6.12. The average Bonchev–Trinajstić information content (AvgIpc) is 2.79. The number of hydrogen-bond donors (Lipinski definition) is 1. The molecule has 0 saturated heterocycles. The van der Waals surface area contributed by atoms with Gasteiger partial charge in [-0.15, -0.1) is 11.3 Å². The van der Waals surface area contributed by atoms with Crippen molar-refractivity contribution in [3.8, 4) is 0 Å². The Labute approximate surface area is 125 Å². The van der Waals surface area contributed by atoms with E-state index in [0.29, 0.717) is 5.92 Å². The van der Waals surface area contributed by atoms with Crippen LogP contribution in [0.2, 0.25) is 0 Å². The van der Waals surface area contributed by atoms with Crippen molar-refractivity contribution in [2.75, 3.05) is 4.43 Å². The number of thiophene rings is 1. The van der Waals surface area contributed by atoms with Gasteiger partial charge in [-0.05, 0) is 12.0 Å². The third-order valence-electron chi connectivity index (χ3n) is 3.01. The van der Waals surface area contributed by atoms with Crippen LogP contribution in [0.5, 0.6) is 0 Å². The van der Waals surface area contributed by atoms with Gasteiger partial charge in [-0.25, -0.2) is 0 Å². The van der Waals surface area contributed by atoms with E-state index in [4.69, 9.17) is 0 Å². The molecule has 0 saturated carbocycles. The van der Waals surface area contributed by atoms with E-state index in [-0.39, 0.29) is 11.9 Å². The summed E-state index contributed by atoms with van der Waals surface area (Å²) in [6, 6.07) is 8.27. The quantitative estimate of drug-likeness (QED) is 0.635. The van der Waals surface area contributed by atoms with Crippen molar-refractivity contribution in [2.45, 2.75) is 19.9 Å². The number of amides is 1. The molecule has 2 nitrogen and oxygen atoms in total. The van der Waals surface area contributed by atoms with Crippen LogP contribution in [0.15, 0.2) is 29.6 Å². The molecule has 2 aromatic rings. The van der Waals surface area contributed by atoms with Crippen molar-refractivity contribution in [2.24, 2.45) is 5.92 Å². The fourth-order valence-corrected chi connectivity index (χ4v) is 3.96. The van der Waals surface area contributed by atoms with Crippen LogP contribution in [-0.4, -0.2) is 16.4 Å². The first-order valence-electron chi connectivity index (χ1n) is 5.96. The fourth-order valence-electron chi connectivity index (χ4n) is 1.78. The van der Waals surface area contributed by atoms with E-state index in [0.717, 1.165) is 15.4 Å². The zero-order chi connectivity index (χ0) is 13.1. The Bertz CT molecular complexity index is 549. The normalized spacial score (nSPS) is 12.9. The lowest BCUT2D eigenvalue weighted by Gasteiger charge is -2.19. The average molecular weight is 373 g/mol. The third-order valence-corrected chi connectivity index (χ3v) is 4.93. The van der Waals surface area contributed by atoms with E-state index >= 15 is 0 Å². The Morgan fingerprint density at radius 1 is 1.39 bits per heavy atom. The van der Waals surface area contributed by atoms with Gasteiger partial charge >= 0.3 is 0 Å². The van der Waals surface area contributed by atoms with Gasteiger partial charge in [-0.2, -0.15) is 0 Å². The van der Waals surface area contributed by atoms with E-state index < -0.39 is 0 Å². The molecule has 0 fully saturated rings.